The molecule has 0 saturated carbocycles. The molecule has 0 aromatic rings. The van der Waals surface area contributed by atoms with Crippen LogP contribution in [-0.4, -0.2) is 45.2 Å². The maximum atomic E-state index is 11.8. The van der Waals surface area contributed by atoms with Gasteiger partial charge in [-0.05, 0) is 25.7 Å². The summed E-state index contributed by atoms with van der Waals surface area (Å²) in [7, 11) is -2.91. The van der Waals surface area contributed by atoms with Gasteiger partial charge in [0, 0.05) is 13.1 Å². The van der Waals surface area contributed by atoms with Crippen LogP contribution in [0.15, 0.2) is 0 Å². The van der Waals surface area contributed by atoms with Gasteiger partial charge in [-0.2, -0.15) is 0 Å². The van der Waals surface area contributed by atoms with E-state index in [2.05, 4.69) is 5.32 Å². The van der Waals surface area contributed by atoms with Gasteiger partial charge in [-0.3, -0.25) is 0 Å². The van der Waals surface area contributed by atoms with E-state index in [9.17, 15) is 8.42 Å². The lowest BCUT2D eigenvalue weighted by Gasteiger charge is -2.27. The Balaban J connectivity index is 1.81. The second-order valence-electron chi connectivity index (χ2n) is 4.75. The van der Waals surface area contributed by atoms with Crippen molar-refractivity contribution < 1.29 is 13.2 Å². The standard InChI is InChI=1S/C10H19NO3S/c1-8-2-3-10(14-8)7-15(12,13)6-9-4-11-5-9/h8-11H,2-7H2,1H3. The number of hydrogen-bond donors (Lipinski definition) is 1. The maximum Gasteiger partial charge on any atom is 0.153 e. The molecule has 2 aliphatic rings. The van der Waals surface area contributed by atoms with Crippen molar-refractivity contribution >= 4 is 9.84 Å². The Morgan fingerprint density at radius 1 is 1.27 bits per heavy atom. The van der Waals surface area contributed by atoms with Crippen molar-refractivity contribution in [3.8, 4) is 0 Å². The molecule has 0 bridgehead atoms. The zero-order valence-electron chi connectivity index (χ0n) is 9.11. The van der Waals surface area contributed by atoms with E-state index >= 15 is 0 Å². The van der Waals surface area contributed by atoms with Gasteiger partial charge in [-0.15, -0.1) is 0 Å². The van der Waals surface area contributed by atoms with E-state index in [4.69, 9.17) is 4.74 Å². The molecule has 1 N–H and O–H groups in total. The van der Waals surface area contributed by atoms with Crippen LogP contribution in [0.1, 0.15) is 19.8 Å². The lowest BCUT2D eigenvalue weighted by atomic mass is 10.1. The van der Waals surface area contributed by atoms with Crippen LogP contribution in [0.4, 0.5) is 0 Å². The molecule has 2 heterocycles. The van der Waals surface area contributed by atoms with E-state index < -0.39 is 9.84 Å². The molecule has 2 rings (SSSR count). The molecular formula is C10H19NO3S. The highest BCUT2D eigenvalue weighted by molar-refractivity contribution is 7.91. The average Bonchev–Trinajstić information content (AvgIpc) is 2.43. The summed E-state index contributed by atoms with van der Waals surface area (Å²) in [6, 6.07) is 0. The first-order valence-corrected chi connectivity index (χ1v) is 7.44. The molecule has 5 heteroatoms. The SMILES string of the molecule is CC1CCC(CS(=O)(=O)CC2CNC2)O1. The van der Waals surface area contributed by atoms with Gasteiger partial charge in [0.2, 0.25) is 0 Å². The van der Waals surface area contributed by atoms with E-state index in [1.54, 1.807) is 0 Å². The van der Waals surface area contributed by atoms with Crippen LogP contribution in [0.25, 0.3) is 0 Å². The Bertz CT molecular complexity index is 311. The van der Waals surface area contributed by atoms with Crippen LogP contribution in [0.2, 0.25) is 0 Å². The molecule has 0 aliphatic carbocycles. The van der Waals surface area contributed by atoms with Gasteiger partial charge >= 0.3 is 0 Å². The van der Waals surface area contributed by atoms with Crippen LogP contribution >= 0.6 is 0 Å². The van der Waals surface area contributed by atoms with Crippen molar-refractivity contribution in [2.24, 2.45) is 5.92 Å². The quantitative estimate of drug-likeness (QED) is 0.753. The van der Waals surface area contributed by atoms with Gasteiger partial charge in [-0.25, -0.2) is 8.42 Å². The number of hydrogen-bond acceptors (Lipinski definition) is 4. The average molecular weight is 233 g/mol. The smallest absolute Gasteiger partial charge is 0.153 e. The summed E-state index contributed by atoms with van der Waals surface area (Å²) in [5.74, 6) is 0.871. The third kappa shape index (κ3) is 3.16. The van der Waals surface area contributed by atoms with Crippen LogP contribution in [0.5, 0.6) is 0 Å². The minimum Gasteiger partial charge on any atom is -0.374 e. The fraction of sp³-hybridized carbons (Fsp3) is 1.00. The second kappa shape index (κ2) is 4.39. The first-order chi connectivity index (χ1) is 7.05. The Labute approximate surface area is 91.3 Å². The number of sulfone groups is 1. The van der Waals surface area contributed by atoms with E-state index in [1.165, 1.54) is 0 Å². The Morgan fingerprint density at radius 3 is 2.47 bits per heavy atom. The first-order valence-electron chi connectivity index (χ1n) is 5.62. The fourth-order valence-electron chi connectivity index (χ4n) is 2.18. The van der Waals surface area contributed by atoms with Crippen LogP contribution in [0, 0.1) is 5.92 Å². The molecule has 2 unspecified atom stereocenters. The third-order valence-corrected chi connectivity index (χ3v) is 4.97. The number of nitrogens with one attached hydrogen (secondary N) is 1. The molecular weight excluding hydrogens is 214 g/mol. The molecule has 0 spiro atoms. The largest absolute Gasteiger partial charge is 0.374 e. The molecule has 0 aromatic carbocycles. The van der Waals surface area contributed by atoms with Crippen molar-refractivity contribution in [3.05, 3.63) is 0 Å². The van der Waals surface area contributed by atoms with Crippen molar-refractivity contribution in [2.75, 3.05) is 24.6 Å². The summed E-state index contributed by atoms with van der Waals surface area (Å²) in [6.07, 6.45) is 2.06. The summed E-state index contributed by atoms with van der Waals surface area (Å²) >= 11 is 0. The van der Waals surface area contributed by atoms with Crippen LogP contribution < -0.4 is 5.32 Å². The summed E-state index contributed by atoms with van der Waals surface area (Å²) < 4.78 is 29.1. The lowest BCUT2D eigenvalue weighted by molar-refractivity contribution is 0.0689. The van der Waals surface area contributed by atoms with E-state index in [0.29, 0.717) is 11.7 Å². The van der Waals surface area contributed by atoms with Gasteiger partial charge in [0.1, 0.15) is 0 Å². The predicted molar refractivity (Wildman–Crippen MR) is 58.6 cm³/mol. The van der Waals surface area contributed by atoms with Gasteiger partial charge in [0.05, 0.1) is 23.7 Å². The monoisotopic (exact) mass is 233 g/mol. The number of ether oxygens (including phenoxy) is 1. The third-order valence-electron chi connectivity index (χ3n) is 3.12. The van der Waals surface area contributed by atoms with Crippen molar-refractivity contribution in [1.29, 1.82) is 0 Å². The molecule has 2 atom stereocenters. The van der Waals surface area contributed by atoms with Crippen molar-refractivity contribution in [1.82, 2.24) is 5.32 Å². The van der Waals surface area contributed by atoms with Crippen molar-refractivity contribution in [2.45, 2.75) is 32.0 Å². The predicted octanol–water partition coefficient (Wildman–Crippen LogP) is 0.188. The molecule has 15 heavy (non-hydrogen) atoms. The summed E-state index contributed by atoms with van der Waals surface area (Å²) in [6.45, 7) is 3.70. The highest BCUT2D eigenvalue weighted by Crippen LogP contribution is 2.21. The van der Waals surface area contributed by atoms with Crippen LogP contribution in [0.3, 0.4) is 0 Å². The Kier molecular flexibility index (Phi) is 3.33. The highest BCUT2D eigenvalue weighted by Gasteiger charge is 2.30. The minimum absolute atomic E-state index is 0.0574. The molecule has 2 fully saturated rings. The zero-order valence-corrected chi connectivity index (χ0v) is 9.92. The Morgan fingerprint density at radius 2 is 2.00 bits per heavy atom. The highest BCUT2D eigenvalue weighted by atomic mass is 32.2. The molecule has 0 aromatic heterocycles. The second-order valence-corrected chi connectivity index (χ2v) is 6.90. The molecule has 0 amide bonds. The fourth-order valence-corrected chi connectivity index (χ4v) is 4.09. The summed E-state index contributed by atoms with van der Waals surface area (Å²) in [4.78, 5) is 0. The number of rotatable bonds is 4. The maximum absolute atomic E-state index is 11.8. The van der Waals surface area contributed by atoms with Crippen LogP contribution in [-0.2, 0) is 14.6 Å². The Hall–Kier alpha value is -0.130. The molecule has 0 radical (unpaired) electrons. The van der Waals surface area contributed by atoms with Gasteiger partial charge in [0.25, 0.3) is 0 Å². The molecule has 4 nitrogen and oxygen atoms in total. The van der Waals surface area contributed by atoms with Gasteiger partial charge < -0.3 is 10.1 Å². The van der Waals surface area contributed by atoms with E-state index in [1.807, 2.05) is 6.92 Å². The summed E-state index contributed by atoms with van der Waals surface area (Å²) in [5.41, 5.74) is 0. The minimum atomic E-state index is -2.91. The normalized spacial score (nSPS) is 32.9. The van der Waals surface area contributed by atoms with E-state index in [-0.39, 0.29) is 18.0 Å². The van der Waals surface area contributed by atoms with Gasteiger partial charge in [-0.1, -0.05) is 0 Å². The molecule has 88 valence electrons. The zero-order chi connectivity index (χ0) is 10.9. The van der Waals surface area contributed by atoms with E-state index in [0.717, 1.165) is 25.9 Å². The summed E-state index contributed by atoms with van der Waals surface area (Å²) in [5, 5.41) is 3.09. The topological polar surface area (TPSA) is 55.4 Å². The van der Waals surface area contributed by atoms with Gasteiger partial charge in [0.15, 0.2) is 9.84 Å². The molecule has 2 aliphatic heterocycles. The lowest BCUT2D eigenvalue weighted by Crippen LogP contribution is -2.46. The first kappa shape index (κ1) is 11.4. The van der Waals surface area contributed by atoms with Crippen molar-refractivity contribution in [3.63, 3.8) is 0 Å². The molecule has 2 saturated heterocycles.